The van der Waals surface area contributed by atoms with Gasteiger partial charge in [-0.15, -0.1) is 6.42 Å². The molecular weight excluding hydrogens is 374 g/mol. The number of hydrazone groups is 1. The molecule has 0 saturated heterocycles. The fourth-order valence-electron chi connectivity index (χ4n) is 2.05. The van der Waals surface area contributed by atoms with Gasteiger partial charge in [0.05, 0.1) is 27.1 Å². The van der Waals surface area contributed by atoms with Crippen molar-refractivity contribution in [3.05, 3.63) is 72.3 Å². The minimum Gasteiger partial charge on any atom is -0.480 e. The predicted octanol–water partition coefficient (Wildman–Crippen LogP) is 2.87. The third kappa shape index (κ3) is 4.76. The van der Waals surface area contributed by atoms with E-state index in [1.807, 2.05) is 0 Å². The van der Waals surface area contributed by atoms with E-state index in [9.17, 15) is 30.3 Å². The molecule has 0 spiro atoms. The lowest BCUT2D eigenvalue weighted by Gasteiger charge is -2.06. The SMILES string of the molecule is C#CCOc1ccc([N+](=O)[O-])cc1/C=N\Nc1ccc([N+](=O)[O-])cc1[N+](=O)[O-]. The molecule has 12 nitrogen and oxygen atoms in total. The Morgan fingerprint density at radius 2 is 1.68 bits per heavy atom. The number of anilines is 1. The van der Waals surface area contributed by atoms with Crippen LogP contribution in [0.15, 0.2) is 41.5 Å². The van der Waals surface area contributed by atoms with Gasteiger partial charge in [-0.05, 0) is 12.1 Å². The van der Waals surface area contributed by atoms with Crippen LogP contribution in [0.1, 0.15) is 5.56 Å². The zero-order valence-electron chi connectivity index (χ0n) is 14.0. The Hall–Kier alpha value is -4.53. The maximum atomic E-state index is 11.1. The van der Waals surface area contributed by atoms with Crippen molar-refractivity contribution in [2.45, 2.75) is 0 Å². The number of nitro groups is 3. The zero-order valence-corrected chi connectivity index (χ0v) is 14.0. The molecule has 0 unspecified atom stereocenters. The van der Waals surface area contributed by atoms with E-state index in [0.717, 1.165) is 24.4 Å². The summed E-state index contributed by atoms with van der Waals surface area (Å²) in [6, 6.07) is 6.72. The molecule has 1 N–H and O–H groups in total. The molecule has 0 fully saturated rings. The van der Waals surface area contributed by atoms with Gasteiger partial charge in [0, 0.05) is 23.8 Å². The number of benzene rings is 2. The van der Waals surface area contributed by atoms with Crippen LogP contribution in [0.3, 0.4) is 0 Å². The molecule has 0 saturated carbocycles. The second kappa shape index (κ2) is 8.72. The quantitative estimate of drug-likeness (QED) is 0.314. The summed E-state index contributed by atoms with van der Waals surface area (Å²) >= 11 is 0. The molecule has 2 aromatic carbocycles. The molecule has 0 heterocycles. The maximum absolute atomic E-state index is 11.1. The van der Waals surface area contributed by atoms with Crippen molar-refractivity contribution >= 4 is 29.0 Å². The molecule has 2 rings (SSSR count). The Labute approximate surface area is 156 Å². The van der Waals surface area contributed by atoms with Gasteiger partial charge in [-0.2, -0.15) is 5.10 Å². The molecular formula is C16H11N5O7. The first-order chi connectivity index (χ1) is 13.3. The minimum atomic E-state index is -0.806. The van der Waals surface area contributed by atoms with E-state index in [-0.39, 0.29) is 29.3 Å². The number of terminal acetylenes is 1. The molecule has 2 aromatic rings. The van der Waals surface area contributed by atoms with Gasteiger partial charge in [-0.25, -0.2) is 0 Å². The monoisotopic (exact) mass is 385 g/mol. The molecule has 28 heavy (non-hydrogen) atoms. The average molecular weight is 385 g/mol. The molecule has 0 aliphatic carbocycles. The van der Waals surface area contributed by atoms with Crippen molar-refractivity contribution in [1.29, 1.82) is 0 Å². The van der Waals surface area contributed by atoms with Gasteiger partial charge in [0.2, 0.25) is 0 Å². The number of nitrogens with one attached hydrogen (secondary N) is 1. The van der Waals surface area contributed by atoms with Crippen molar-refractivity contribution in [2.24, 2.45) is 5.10 Å². The molecule has 0 aromatic heterocycles. The smallest absolute Gasteiger partial charge is 0.301 e. The van der Waals surface area contributed by atoms with Gasteiger partial charge in [0.1, 0.15) is 18.0 Å². The molecule has 142 valence electrons. The van der Waals surface area contributed by atoms with Crippen molar-refractivity contribution in [3.63, 3.8) is 0 Å². The lowest BCUT2D eigenvalue weighted by molar-refractivity contribution is -0.393. The second-order valence-corrected chi connectivity index (χ2v) is 5.06. The van der Waals surface area contributed by atoms with Crippen LogP contribution < -0.4 is 10.2 Å². The summed E-state index contributed by atoms with van der Waals surface area (Å²) < 4.78 is 5.27. The van der Waals surface area contributed by atoms with E-state index in [1.54, 1.807) is 0 Å². The van der Waals surface area contributed by atoms with Crippen molar-refractivity contribution < 1.29 is 19.5 Å². The fraction of sp³-hybridized carbons (Fsp3) is 0.0625. The van der Waals surface area contributed by atoms with Crippen LogP contribution in [0.25, 0.3) is 0 Å². The van der Waals surface area contributed by atoms with Crippen LogP contribution >= 0.6 is 0 Å². The second-order valence-electron chi connectivity index (χ2n) is 5.06. The molecule has 12 heteroatoms. The van der Waals surface area contributed by atoms with E-state index < -0.39 is 26.1 Å². The summed E-state index contributed by atoms with van der Waals surface area (Å²) in [6.07, 6.45) is 6.26. The third-order valence-corrected chi connectivity index (χ3v) is 3.29. The number of ether oxygens (including phenoxy) is 1. The van der Waals surface area contributed by atoms with E-state index >= 15 is 0 Å². The van der Waals surface area contributed by atoms with Crippen LogP contribution in [0, 0.1) is 42.7 Å². The first kappa shape index (κ1) is 19.8. The summed E-state index contributed by atoms with van der Waals surface area (Å²) in [5.41, 5.74) is 1.23. The average Bonchev–Trinajstić information content (AvgIpc) is 2.66. The lowest BCUT2D eigenvalue weighted by Crippen LogP contribution is -2.01. The van der Waals surface area contributed by atoms with Gasteiger partial charge in [-0.3, -0.25) is 35.8 Å². The van der Waals surface area contributed by atoms with Gasteiger partial charge in [0.15, 0.2) is 0 Å². The molecule has 0 atom stereocenters. The number of nitro benzene ring substituents is 3. The van der Waals surface area contributed by atoms with Crippen LogP contribution in [-0.4, -0.2) is 27.6 Å². The van der Waals surface area contributed by atoms with Crippen LogP contribution in [-0.2, 0) is 0 Å². The minimum absolute atomic E-state index is 0.0834. The summed E-state index contributed by atoms with van der Waals surface area (Å²) in [6.45, 7) is -0.0834. The summed E-state index contributed by atoms with van der Waals surface area (Å²) in [5.74, 6) is 2.47. The third-order valence-electron chi connectivity index (χ3n) is 3.29. The van der Waals surface area contributed by atoms with Crippen molar-refractivity contribution in [1.82, 2.24) is 0 Å². The largest absolute Gasteiger partial charge is 0.480 e. The Morgan fingerprint density at radius 3 is 2.29 bits per heavy atom. The molecule has 0 bridgehead atoms. The number of hydrogen-bond acceptors (Lipinski definition) is 9. The summed E-state index contributed by atoms with van der Waals surface area (Å²) in [4.78, 5) is 30.6. The molecule has 0 radical (unpaired) electrons. The predicted molar refractivity (Wildman–Crippen MR) is 98.4 cm³/mol. The van der Waals surface area contributed by atoms with Gasteiger partial charge in [-0.1, -0.05) is 5.92 Å². The summed E-state index contributed by atoms with van der Waals surface area (Å²) in [7, 11) is 0. The Balaban J connectivity index is 2.32. The number of non-ortho nitro benzene ring substituents is 2. The van der Waals surface area contributed by atoms with E-state index in [4.69, 9.17) is 11.2 Å². The Kier molecular flexibility index (Phi) is 6.16. The van der Waals surface area contributed by atoms with Gasteiger partial charge in [0.25, 0.3) is 11.4 Å². The summed E-state index contributed by atoms with van der Waals surface area (Å²) in [5, 5.41) is 36.6. The molecule has 0 aliphatic rings. The van der Waals surface area contributed by atoms with Gasteiger partial charge >= 0.3 is 5.69 Å². The van der Waals surface area contributed by atoms with Crippen LogP contribution in [0.2, 0.25) is 0 Å². The van der Waals surface area contributed by atoms with Crippen LogP contribution in [0.5, 0.6) is 5.75 Å². The standard InChI is InChI=1S/C16H11N5O7/c1-2-7-28-16-6-4-12(19(22)23)8-11(16)10-17-18-14-5-3-13(20(24)25)9-15(14)21(26)27/h1,3-6,8-10,18H,7H2/b17-10-. The Morgan fingerprint density at radius 1 is 1.04 bits per heavy atom. The maximum Gasteiger partial charge on any atom is 0.301 e. The van der Waals surface area contributed by atoms with Crippen molar-refractivity contribution in [3.8, 4) is 18.1 Å². The normalized spacial score (nSPS) is 10.2. The number of nitrogens with zero attached hydrogens (tertiary/aromatic N) is 4. The van der Waals surface area contributed by atoms with Crippen LogP contribution in [0.4, 0.5) is 22.7 Å². The first-order valence-electron chi connectivity index (χ1n) is 7.40. The Bertz CT molecular complexity index is 1010. The molecule has 0 amide bonds. The highest BCUT2D eigenvalue weighted by molar-refractivity contribution is 5.85. The molecule has 0 aliphatic heterocycles. The number of rotatable bonds is 8. The zero-order chi connectivity index (χ0) is 20.7. The van der Waals surface area contributed by atoms with E-state index in [1.165, 1.54) is 18.2 Å². The first-order valence-corrected chi connectivity index (χ1v) is 7.40. The highest BCUT2D eigenvalue weighted by atomic mass is 16.6. The van der Waals surface area contributed by atoms with Gasteiger partial charge < -0.3 is 4.74 Å². The number of hydrogen-bond donors (Lipinski definition) is 1. The van der Waals surface area contributed by atoms with E-state index in [2.05, 4.69) is 16.4 Å². The topological polar surface area (TPSA) is 163 Å². The fourth-order valence-corrected chi connectivity index (χ4v) is 2.05. The highest BCUT2D eigenvalue weighted by Crippen LogP contribution is 2.29. The van der Waals surface area contributed by atoms with Crippen molar-refractivity contribution in [2.75, 3.05) is 12.0 Å². The highest BCUT2D eigenvalue weighted by Gasteiger charge is 2.19. The lowest BCUT2D eigenvalue weighted by atomic mass is 10.2. The van der Waals surface area contributed by atoms with E-state index in [0.29, 0.717) is 0 Å².